The lowest BCUT2D eigenvalue weighted by Crippen LogP contribution is -2.16. The number of fused-ring (bicyclic) bond motifs is 2. The predicted molar refractivity (Wildman–Crippen MR) is 83.9 cm³/mol. The Labute approximate surface area is 128 Å². The molecule has 0 bridgehead atoms. The number of nitrogens with zero attached hydrogens (tertiary/aromatic N) is 1. The Bertz CT molecular complexity index is 991. The molecule has 1 aromatic heterocycles. The monoisotopic (exact) mass is 318 g/mol. The van der Waals surface area contributed by atoms with Crippen molar-refractivity contribution in [2.24, 2.45) is 0 Å². The highest BCUT2D eigenvalue weighted by atomic mass is 35.5. The summed E-state index contributed by atoms with van der Waals surface area (Å²) in [7, 11) is 0. The van der Waals surface area contributed by atoms with Crippen molar-refractivity contribution in [3.63, 3.8) is 0 Å². The van der Waals surface area contributed by atoms with Crippen LogP contribution in [0.5, 0.6) is 0 Å². The van der Waals surface area contributed by atoms with Crippen molar-refractivity contribution in [2.45, 2.75) is 9.79 Å². The van der Waals surface area contributed by atoms with Gasteiger partial charge in [0.1, 0.15) is 0 Å². The molecule has 0 aliphatic carbocycles. The summed E-state index contributed by atoms with van der Waals surface area (Å²) in [6, 6.07) is 11.4. The second-order valence-electron chi connectivity index (χ2n) is 4.46. The van der Waals surface area contributed by atoms with Crippen molar-refractivity contribution in [1.29, 1.82) is 0 Å². The van der Waals surface area contributed by atoms with Crippen LogP contribution < -0.4 is 5.56 Å². The predicted octanol–water partition coefficient (Wildman–Crippen LogP) is 4.17. The van der Waals surface area contributed by atoms with Crippen molar-refractivity contribution in [1.82, 2.24) is 9.55 Å². The first-order valence-electron chi connectivity index (χ1n) is 5.91. The molecule has 2 aromatic carbocycles. The molecule has 6 heteroatoms. The zero-order chi connectivity index (χ0) is 13.9. The Hall–Kier alpha value is -1.56. The second-order valence-corrected chi connectivity index (χ2v) is 6.37. The highest BCUT2D eigenvalue weighted by molar-refractivity contribution is 7.99. The summed E-state index contributed by atoms with van der Waals surface area (Å²) in [5, 5.41) is 1.28. The van der Waals surface area contributed by atoms with Gasteiger partial charge in [-0.3, -0.25) is 14.3 Å². The maximum atomic E-state index is 12.1. The summed E-state index contributed by atoms with van der Waals surface area (Å²) in [6.07, 6.45) is 0. The van der Waals surface area contributed by atoms with E-state index in [-0.39, 0.29) is 5.56 Å². The molecular weight excluding hydrogens is 312 g/mol. The van der Waals surface area contributed by atoms with E-state index in [2.05, 4.69) is 4.98 Å². The number of benzene rings is 2. The molecule has 0 saturated heterocycles. The summed E-state index contributed by atoms with van der Waals surface area (Å²) in [5.41, 5.74) is 1.60. The zero-order valence-electron chi connectivity index (χ0n) is 10.0. The molecule has 2 heterocycles. The molecule has 0 saturated carbocycles. The van der Waals surface area contributed by atoms with Gasteiger partial charge in [0, 0.05) is 14.8 Å². The van der Waals surface area contributed by atoms with Crippen LogP contribution in [0.3, 0.4) is 0 Å². The van der Waals surface area contributed by atoms with Crippen molar-refractivity contribution >= 4 is 46.5 Å². The van der Waals surface area contributed by atoms with Gasteiger partial charge in [0.2, 0.25) is 0 Å². The standard InChI is InChI=1S/C14H7ClN2OS2/c15-7-4-5-10-9(6-7)17-12-8(13(18)16-14(17)19)2-1-3-11(12)20-10/h1-6H,(H,16,18,19). The average Bonchev–Trinajstić information content (AvgIpc) is 2.43. The highest BCUT2D eigenvalue weighted by Gasteiger charge is 2.20. The van der Waals surface area contributed by atoms with Crippen LogP contribution in [-0.4, -0.2) is 9.55 Å². The number of hydrogen-bond donors (Lipinski definition) is 1. The van der Waals surface area contributed by atoms with Crippen LogP contribution in [0.1, 0.15) is 0 Å². The number of hydrogen-bond acceptors (Lipinski definition) is 3. The first-order valence-corrected chi connectivity index (χ1v) is 7.51. The summed E-state index contributed by atoms with van der Waals surface area (Å²) in [6.45, 7) is 0. The molecule has 0 atom stereocenters. The number of H-pyrrole nitrogens is 1. The van der Waals surface area contributed by atoms with Gasteiger partial charge in [-0.2, -0.15) is 0 Å². The molecule has 0 radical (unpaired) electrons. The van der Waals surface area contributed by atoms with Gasteiger partial charge in [0.15, 0.2) is 4.77 Å². The Morgan fingerprint density at radius 2 is 2.05 bits per heavy atom. The quantitative estimate of drug-likeness (QED) is 0.495. The summed E-state index contributed by atoms with van der Waals surface area (Å²) in [5.74, 6) is 0. The fraction of sp³-hybridized carbons (Fsp3) is 0. The third kappa shape index (κ3) is 1.60. The van der Waals surface area contributed by atoms with E-state index >= 15 is 0 Å². The van der Waals surface area contributed by atoms with Gasteiger partial charge in [0.05, 0.1) is 16.6 Å². The lowest BCUT2D eigenvalue weighted by Gasteiger charge is -2.22. The van der Waals surface area contributed by atoms with Crippen LogP contribution in [0.2, 0.25) is 5.02 Å². The maximum Gasteiger partial charge on any atom is 0.259 e. The van der Waals surface area contributed by atoms with Gasteiger partial charge in [-0.25, -0.2) is 0 Å². The largest absolute Gasteiger partial charge is 0.298 e. The lowest BCUT2D eigenvalue weighted by atomic mass is 10.2. The third-order valence-corrected chi connectivity index (χ3v) is 4.91. The van der Waals surface area contributed by atoms with E-state index < -0.39 is 0 Å². The Balaban J connectivity index is 2.30. The number of nitrogens with one attached hydrogen (secondary N) is 1. The molecule has 0 spiro atoms. The number of halogens is 1. The maximum absolute atomic E-state index is 12.1. The Kier molecular flexibility index (Phi) is 2.57. The lowest BCUT2D eigenvalue weighted by molar-refractivity contribution is 0.948. The van der Waals surface area contributed by atoms with E-state index in [0.717, 1.165) is 21.0 Å². The van der Waals surface area contributed by atoms with Crippen LogP contribution in [0.4, 0.5) is 0 Å². The first-order chi connectivity index (χ1) is 9.65. The number of para-hydroxylation sites is 1. The van der Waals surface area contributed by atoms with Gasteiger partial charge >= 0.3 is 0 Å². The van der Waals surface area contributed by atoms with Crippen LogP contribution in [0.25, 0.3) is 16.6 Å². The first kappa shape index (κ1) is 12.2. The van der Waals surface area contributed by atoms with Crippen LogP contribution >= 0.6 is 35.6 Å². The van der Waals surface area contributed by atoms with Gasteiger partial charge in [-0.15, -0.1) is 0 Å². The van der Waals surface area contributed by atoms with E-state index in [1.165, 1.54) is 0 Å². The Morgan fingerprint density at radius 3 is 2.90 bits per heavy atom. The topological polar surface area (TPSA) is 37.8 Å². The molecule has 3 aromatic rings. The number of rotatable bonds is 0. The van der Waals surface area contributed by atoms with Crippen LogP contribution in [-0.2, 0) is 0 Å². The van der Waals surface area contributed by atoms with E-state index in [9.17, 15) is 4.79 Å². The van der Waals surface area contributed by atoms with Crippen molar-refractivity contribution in [2.75, 3.05) is 0 Å². The molecule has 20 heavy (non-hydrogen) atoms. The molecule has 0 unspecified atom stereocenters. The Morgan fingerprint density at radius 1 is 1.20 bits per heavy atom. The molecule has 1 N–H and O–H groups in total. The van der Waals surface area contributed by atoms with Crippen LogP contribution in [0, 0.1) is 4.77 Å². The molecule has 3 nitrogen and oxygen atoms in total. The molecular formula is C14H7ClN2OS2. The molecule has 1 aliphatic rings. The molecule has 98 valence electrons. The second kappa shape index (κ2) is 4.22. The van der Waals surface area contributed by atoms with E-state index in [1.807, 2.05) is 34.9 Å². The molecule has 4 rings (SSSR count). The minimum Gasteiger partial charge on any atom is -0.298 e. The third-order valence-electron chi connectivity index (χ3n) is 3.27. The molecule has 0 fully saturated rings. The number of aromatic nitrogens is 2. The zero-order valence-corrected chi connectivity index (χ0v) is 12.4. The van der Waals surface area contributed by atoms with Gasteiger partial charge in [-0.05, 0) is 42.5 Å². The highest BCUT2D eigenvalue weighted by Crippen LogP contribution is 2.42. The van der Waals surface area contributed by atoms with Crippen molar-refractivity contribution in [3.05, 3.63) is 56.5 Å². The van der Waals surface area contributed by atoms with Gasteiger partial charge in [-0.1, -0.05) is 29.4 Å². The number of aromatic amines is 1. The fourth-order valence-corrected chi connectivity index (χ4v) is 3.96. The summed E-state index contributed by atoms with van der Waals surface area (Å²) in [4.78, 5) is 16.9. The fourth-order valence-electron chi connectivity index (χ4n) is 2.44. The summed E-state index contributed by atoms with van der Waals surface area (Å²) < 4.78 is 2.28. The van der Waals surface area contributed by atoms with Crippen molar-refractivity contribution in [3.8, 4) is 5.69 Å². The normalized spacial score (nSPS) is 12.4. The van der Waals surface area contributed by atoms with Crippen LogP contribution in [0.15, 0.2) is 51.0 Å². The minimum absolute atomic E-state index is 0.158. The van der Waals surface area contributed by atoms with E-state index in [0.29, 0.717) is 15.2 Å². The SMILES string of the molecule is O=c1[nH]c(=S)n2c3c(cccc13)Sc1ccc(Cl)cc1-2. The molecule has 0 amide bonds. The smallest absolute Gasteiger partial charge is 0.259 e. The summed E-state index contributed by atoms with van der Waals surface area (Å²) >= 11 is 13.1. The molecule has 1 aliphatic heterocycles. The van der Waals surface area contributed by atoms with E-state index in [1.54, 1.807) is 17.8 Å². The average molecular weight is 319 g/mol. The minimum atomic E-state index is -0.158. The van der Waals surface area contributed by atoms with Crippen molar-refractivity contribution < 1.29 is 0 Å². The van der Waals surface area contributed by atoms with Gasteiger partial charge < -0.3 is 0 Å². The van der Waals surface area contributed by atoms with E-state index in [4.69, 9.17) is 23.8 Å². The van der Waals surface area contributed by atoms with Gasteiger partial charge in [0.25, 0.3) is 5.56 Å².